The highest BCUT2D eigenvalue weighted by molar-refractivity contribution is 7.09. The first-order chi connectivity index (χ1) is 10.6. The van der Waals surface area contributed by atoms with Crippen molar-refractivity contribution in [3.63, 3.8) is 0 Å². The van der Waals surface area contributed by atoms with Gasteiger partial charge >= 0.3 is 0 Å². The van der Waals surface area contributed by atoms with Gasteiger partial charge in [0.25, 0.3) is 0 Å². The van der Waals surface area contributed by atoms with Crippen LogP contribution in [0.1, 0.15) is 30.0 Å². The van der Waals surface area contributed by atoms with Crippen LogP contribution in [0.15, 0.2) is 24.3 Å². The van der Waals surface area contributed by atoms with Gasteiger partial charge < -0.3 is 5.32 Å². The highest BCUT2D eigenvalue weighted by Gasteiger charge is 2.06. The van der Waals surface area contributed by atoms with Gasteiger partial charge in [0.2, 0.25) is 5.13 Å². The summed E-state index contributed by atoms with van der Waals surface area (Å²) in [5.74, 6) is 2.60. The fraction of sp³-hybridized carbons (Fsp3) is 0.333. The molecule has 1 N–H and O–H groups in total. The first kappa shape index (κ1) is 14.6. The van der Waals surface area contributed by atoms with E-state index in [9.17, 15) is 0 Å². The molecule has 3 aromatic rings. The van der Waals surface area contributed by atoms with Crippen molar-refractivity contribution in [2.45, 2.75) is 33.7 Å². The maximum Gasteiger partial charge on any atom is 0.207 e. The van der Waals surface area contributed by atoms with Gasteiger partial charge in [-0.1, -0.05) is 19.1 Å². The standard InChI is InChI=1S/C15H18N6S/c1-4-14-18-15(22-20-14)17-13-7-5-6-12(8-13)9-21-11(3)16-10(2)19-21/h5-8H,4,9H2,1-3H3,(H,17,18,20). The Morgan fingerprint density at radius 2 is 2.09 bits per heavy atom. The Balaban J connectivity index is 1.76. The quantitative estimate of drug-likeness (QED) is 0.783. The molecule has 0 aliphatic heterocycles. The molecule has 2 heterocycles. The maximum atomic E-state index is 4.42. The van der Waals surface area contributed by atoms with E-state index >= 15 is 0 Å². The van der Waals surface area contributed by atoms with Crippen molar-refractivity contribution < 1.29 is 0 Å². The Morgan fingerprint density at radius 1 is 1.23 bits per heavy atom. The van der Waals surface area contributed by atoms with Crippen molar-refractivity contribution in [3.8, 4) is 0 Å². The van der Waals surface area contributed by atoms with Gasteiger partial charge in [0, 0.05) is 23.6 Å². The lowest BCUT2D eigenvalue weighted by Crippen LogP contribution is -2.04. The van der Waals surface area contributed by atoms with Crippen LogP contribution < -0.4 is 5.32 Å². The van der Waals surface area contributed by atoms with Crippen molar-refractivity contribution in [1.29, 1.82) is 0 Å². The molecule has 0 unspecified atom stereocenters. The fourth-order valence-corrected chi connectivity index (χ4v) is 2.87. The van der Waals surface area contributed by atoms with E-state index in [1.807, 2.05) is 30.7 Å². The summed E-state index contributed by atoms with van der Waals surface area (Å²) in [4.78, 5) is 8.75. The molecule has 2 aromatic heterocycles. The van der Waals surface area contributed by atoms with Gasteiger partial charge in [-0.2, -0.15) is 9.47 Å². The summed E-state index contributed by atoms with van der Waals surface area (Å²) < 4.78 is 6.19. The molecular weight excluding hydrogens is 296 g/mol. The number of nitrogens with one attached hydrogen (secondary N) is 1. The van der Waals surface area contributed by atoms with Gasteiger partial charge in [0.05, 0.1) is 6.54 Å². The van der Waals surface area contributed by atoms with Crippen LogP contribution >= 0.6 is 11.5 Å². The number of benzene rings is 1. The molecule has 7 heteroatoms. The predicted octanol–water partition coefficient (Wildman–Crippen LogP) is 3.10. The van der Waals surface area contributed by atoms with Crippen LogP contribution in [0, 0.1) is 13.8 Å². The van der Waals surface area contributed by atoms with Crippen LogP contribution in [0.2, 0.25) is 0 Å². The molecule has 0 aliphatic carbocycles. The normalized spacial score (nSPS) is 10.9. The molecule has 0 fully saturated rings. The zero-order valence-corrected chi connectivity index (χ0v) is 13.7. The lowest BCUT2D eigenvalue weighted by atomic mass is 10.2. The molecule has 0 radical (unpaired) electrons. The SMILES string of the molecule is CCc1nsc(Nc2cccc(Cn3nc(C)nc3C)c2)n1. The minimum absolute atomic E-state index is 0.707. The lowest BCUT2D eigenvalue weighted by Gasteiger charge is -2.07. The second kappa shape index (κ2) is 6.23. The monoisotopic (exact) mass is 314 g/mol. The second-order valence-corrected chi connectivity index (χ2v) is 5.81. The van der Waals surface area contributed by atoms with Crippen molar-refractivity contribution in [2.24, 2.45) is 0 Å². The van der Waals surface area contributed by atoms with E-state index in [0.717, 1.165) is 34.7 Å². The summed E-state index contributed by atoms with van der Waals surface area (Å²) in [6.07, 6.45) is 0.850. The first-order valence-electron chi connectivity index (χ1n) is 7.20. The second-order valence-electron chi connectivity index (χ2n) is 5.06. The van der Waals surface area contributed by atoms with Crippen molar-refractivity contribution in [2.75, 3.05) is 5.32 Å². The van der Waals surface area contributed by atoms with Gasteiger partial charge in [-0.3, -0.25) is 0 Å². The van der Waals surface area contributed by atoms with E-state index in [1.54, 1.807) is 0 Å². The van der Waals surface area contributed by atoms with E-state index in [4.69, 9.17) is 0 Å². The predicted molar refractivity (Wildman–Crippen MR) is 87.6 cm³/mol. The Kier molecular flexibility index (Phi) is 4.15. The number of aryl methyl sites for hydroxylation is 3. The van der Waals surface area contributed by atoms with Crippen molar-refractivity contribution >= 4 is 22.4 Å². The summed E-state index contributed by atoms with van der Waals surface area (Å²) in [5, 5.41) is 8.52. The summed E-state index contributed by atoms with van der Waals surface area (Å²) in [5.41, 5.74) is 2.17. The highest BCUT2D eigenvalue weighted by atomic mass is 32.1. The van der Waals surface area contributed by atoms with Gasteiger partial charge in [-0.15, -0.1) is 0 Å². The molecule has 1 aromatic carbocycles. The number of rotatable bonds is 5. The first-order valence-corrected chi connectivity index (χ1v) is 7.98. The number of hydrogen-bond acceptors (Lipinski definition) is 6. The van der Waals surface area contributed by atoms with Crippen molar-refractivity contribution in [1.82, 2.24) is 24.1 Å². The van der Waals surface area contributed by atoms with E-state index < -0.39 is 0 Å². The van der Waals surface area contributed by atoms with Gasteiger partial charge in [0.15, 0.2) is 0 Å². The fourth-order valence-electron chi connectivity index (χ4n) is 2.20. The molecule has 22 heavy (non-hydrogen) atoms. The van der Waals surface area contributed by atoms with Gasteiger partial charge in [0.1, 0.15) is 17.5 Å². The van der Waals surface area contributed by atoms with Gasteiger partial charge in [-0.25, -0.2) is 14.6 Å². The molecule has 0 saturated carbocycles. The highest BCUT2D eigenvalue weighted by Crippen LogP contribution is 2.20. The molecule has 6 nitrogen and oxygen atoms in total. The van der Waals surface area contributed by atoms with Crippen molar-refractivity contribution in [3.05, 3.63) is 47.3 Å². The molecule has 0 bridgehead atoms. The van der Waals surface area contributed by atoms with E-state index in [2.05, 4.69) is 43.8 Å². The zero-order valence-electron chi connectivity index (χ0n) is 12.9. The molecular formula is C15H18N6S. The Bertz CT molecular complexity index is 776. The van der Waals surface area contributed by atoms with Crippen LogP contribution in [0.5, 0.6) is 0 Å². The smallest absolute Gasteiger partial charge is 0.207 e. The topological polar surface area (TPSA) is 68.5 Å². The maximum absolute atomic E-state index is 4.42. The number of nitrogens with zero attached hydrogens (tertiary/aromatic N) is 5. The number of aromatic nitrogens is 5. The Labute approximate surface area is 133 Å². The van der Waals surface area contributed by atoms with Crippen LogP contribution in [-0.4, -0.2) is 24.1 Å². The van der Waals surface area contributed by atoms with E-state index in [1.165, 1.54) is 17.1 Å². The summed E-state index contributed by atoms with van der Waals surface area (Å²) in [6, 6.07) is 8.23. The molecule has 3 rings (SSSR count). The van der Waals surface area contributed by atoms with Crippen LogP contribution in [0.3, 0.4) is 0 Å². The minimum Gasteiger partial charge on any atom is -0.330 e. The molecule has 114 valence electrons. The molecule has 0 spiro atoms. The number of hydrogen-bond donors (Lipinski definition) is 1. The average molecular weight is 314 g/mol. The Morgan fingerprint density at radius 3 is 2.77 bits per heavy atom. The molecule has 0 amide bonds. The largest absolute Gasteiger partial charge is 0.330 e. The van der Waals surface area contributed by atoms with Crippen LogP contribution in [0.4, 0.5) is 10.8 Å². The summed E-state index contributed by atoms with van der Waals surface area (Å²) in [7, 11) is 0. The third kappa shape index (κ3) is 3.30. The van der Waals surface area contributed by atoms with Crippen LogP contribution in [0.25, 0.3) is 0 Å². The van der Waals surface area contributed by atoms with Gasteiger partial charge in [-0.05, 0) is 31.5 Å². The third-order valence-corrected chi connectivity index (χ3v) is 3.93. The molecule has 0 aliphatic rings. The Hall–Kier alpha value is -2.28. The molecule has 0 saturated heterocycles. The lowest BCUT2D eigenvalue weighted by molar-refractivity contribution is 0.656. The third-order valence-electron chi connectivity index (χ3n) is 3.26. The van der Waals surface area contributed by atoms with E-state index in [-0.39, 0.29) is 0 Å². The summed E-state index contributed by atoms with van der Waals surface area (Å²) in [6.45, 7) is 6.63. The van der Waals surface area contributed by atoms with Crippen LogP contribution in [-0.2, 0) is 13.0 Å². The van der Waals surface area contributed by atoms with E-state index in [0.29, 0.717) is 6.54 Å². The average Bonchev–Trinajstić information content (AvgIpc) is 3.06. The minimum atomic E-state index is 0.707. The summed E-state index contributed by atoms with van der Waals surface area (Å²) >= 11 is 1.38. The number of anilines is 2. The zero-order chi connectivity index (χ0) is 15.5. The molecule has 0 atom stereocenters.